The molecule has 2 fully saturated rings. The molecule has 1 atom stereocenters. The summed E-state index contributed by atoms with van der Waals surface area (Å²) in [5.74, 6) is 1.75. The van der Waals surface area contributed by atoms with Crippen molar-refractivity contribution < 1.29 is 9.84 Å². The number of aromatic hydroxyl groups is 1. The van der Waals surface area contributed by atoms with Gasteiger partial charge in [0.15, 0.2) is 0 Å². The minimum Gasteiger partial charge on any atom is -0.507 e. The van der Waals surface area contributed by atoms with Crippen molar-refractivity contribution in [3.8, 4) is 11.5 Å². The first-order valence-corrected chi connectivity index (χ1v) is 9.75. The lowest BCUT2D eigenvalue weighted by molar-refractivity contribution is 0.0818. The second-order valence-corrected chi connectivity index (χ2v) is 7.42. The molecule has 2 aromatic carbocycles. The topological polar surface area (TPSA) is 44.7 Å². The van der Waals surface area contributed by atoms with Crippen LogP contribution in [0.15, 0.2) is 48.5 Å². The van der Waals surface area contributed by atoms with Gasteiger partial charge in [-0.3, -0.25) is 4.90 Å². The number of hydrogen-bond donors (Lipinski definition) is 2. The van der Waals surface area contributed by atoms with E-state index in [1.807, 2.05) is 36.4 Å². The molecule has 2 N–H and O–H groups in total. The summed E-state index contributed by atoms with van der Waals surface area (Å²) in [7, 11) is 0. The maximum absolute atomic E-state index is 10.7. The highest BCUT2D eigenvalue weighted by Gasteiger charge is 2.35. The van der Waals surface area contributed by atoms with E-state index in [2.05, 4.69) is 16.3 Å². The number of halogens is 2. The zero-order valence-corrected chi connectivity index (χ0v) is 17.7. The molecule has 1 heterocycles. The summed E-state index contributed by atoms with van der Waals surface area (Å²) in [5.41, 5.74) is 2.19. The number of hydrogen-bond acceptors (Lipinski definition) is 4. The fourth-order valence-electron chi connectivity index (χ4n) is 4.07. The molecule has 6 heteroatoms. The van der Waals surface area contributed by atoms with Gasteiger partial charge in [0.05, 0.1) is 0 Å². The van der Waals surface area contributed by atoms with Crippen molar-refractivity contribution in [2.75, 3.05) is 26.2 Å². The van der Waals surface area contributed by atoms with Gasteiger partial charge in [-0.15, -0.1) is 24.8 Å². The van der Waals surface area contributed by atoms with E-state index in [1.54, 1.807) is 6.07 Å². The van der Waals surface area contributed by atoms with E-state index in [0.717, 1.165) is 43.1 Å². The average molecular weight is 425 g/mol. The lowest BCUT2D eigenvalue weighted by Crippen LogP contribution is -2.47. The first-order chi connectivity index (χ1) is 12.8. The standard InChI is InChI=1S/C22H28N2O2.2ClH/c25-21-15-19(26-16-17-5-2-1-3-6-17)9-10-20(21)22(18-7-4-8-18)24-13-11-23-12-14-24;;/h1-3,5-6,9-10,15,18,22-23,25H,4,7-8,11-14,16H2;2*1H/t22-;;/m1../s1. The first-order valence-electron chi connectivity index (χ1n) is 9.75. The third kappa shape index (κ3) is 5.32. The van der Waals surface area contributed by atoms with Crippen molar-refractivity contribution >= 4 is 24.8 Å². The van der Waals surface area contributed by atoms with Gasteiger partial charge >= 0.3 is 0 Å². The molecular weight excluding hydrogens is 395 g/mol. The van der Waals surface area contributed by atoms with Gasteiger partial charge in [0.1, 0.15) is 18.1 Å². The van der Waals surface area contributed by atoms with E-state index < -0.39 is 0 Å². The normalized spacial score (nSPS) is 18.3. The van der Waals surface area contributed by atoms with Gasteiger partial charge < -0.3 is 15.2 Å². The number of piperazine rings is 1. The predicted molar refractivity (Wildman–Crippen MR) is 118 cm³/mol. The maximum Gasteiger partial charge on any atom is 0.124 e. The number of phenolic OH excluding ortho intramolecular Hbond substituents is 1. The molecule has 0 spiro atoms. The van der Waals surface area contributed by atoms with Crippen LogP contribution in [0, 0.1) is 5.92 Å². The Morgan fingerprint density at radius 2 is 1.75 bits per heavy atom. The molecule has 2 aromatic rings. The van der Waals surface area contributed by atoms with Gasteiger partial charge in [-0.2, -0.15) is 0 Å². The largest absolute Gasteiger partial charge is 0.507 e. The minimum atomic E-state index is 0. The Morgan fingerprint density at radius 1 is 1.04 bits per heavy atom. The highest BCUT2D eigenvalue weighted by Crippen LogP contribution is 2.44. The van der Waals surface area contributed by atoms with Gasteiger partial charge in [0.25, 0.3) is 0 Å². The molecule has 154 valence electrons. The van der Waals surface area contributed by atoms with Crippen LogP contribution in [0.2, 0.25) is 0 Å². The van der Waals surface area contributed by atoms with E-state index in [9.17, 15) is 5.11 Å². The highest BCUT2D eigenvalue weighted by molar-refractivity contribution is 5.85. The number of ether oxygens (including phenoxy) is 1. The third-order valence-electron chi connectivity index (χ3n) is 5.71. The summed E-state index contributed by atoms with van der Waals surface area (Å²) in [5, 5.41) is 14.2. The van der Waals surface area contributed by atoms with Crippen LogP contribution in [-0.4, -0.2) is 36.2 Å². The Bertz CT molecular complexity index is 720. The van der Waals surface area contributed by atoms with Gasteiger partial charge in [0, 0.05) is 43.9 Å². The first kappa shape index (κ1) is 22.8. The number of phenols is 1. The summed E-state index contributed by atoms with van der Waals surface area (Å²) < 4.78 is 5.87. The molecular formula is C22H30Cl2N2O2. The van der Waals surface area contributed by atoms with Crippen LogP contribution in [0.5, 0.6) is 11.5 Å². The SMILES string of the molecule is Cl.Cl.Oc1cc(OCc2ccccc2)ccc1[C@@H](C1CCC1)N1CCNCC1. The van der Waals surface area contributed by atoms with Gasteiger partial charge in [-0.05, 0) is 30.4 Å². The maximum atomic E-state index is 10.7. The molecule has 1 aliphatic heterocycles. The molecule has 0 radical (unpaired) electrons. The third-order valence-corrected chi connectivity index (χ3v) is 5.71. The molecule has 0 bridgehead atoms. The molecule has 0 amide bonds. The molecule has 1 saturated carbocycles. The smallest absolute Gasteiger partial charge is 0.124 e. The van der Waals surface area contributed by atoms with Gasteiger partial charge in [-0.1, -0.05) is 42.8 Å². The summed E-state index contributed by atoms with van der Waals surface area (Å²) >= 11 is 0. The van der Waals surface area contributed by atoms with Crippen LogP contribution in [0.4, 0.5) is 0 Å². The predicted octanol–water partition coefficient (Wildman–Crippen LogP) is 4.56. The van der Waals surface area contributed by atoms with E-state index in [4.69, 9.17) is 4.74 Å². The van der Waals surface area contributed by atoms with Crippen molar-refractivity contribution in [2.45, 2.75) is 31.9 Å². The van der Waals surface area contributed by atoms with E-state index in [1.165, 1.54) is 19.3 Å². The number of nitrogens with one attached hydrogen (secondary N) is 1. The van der Waals surface area contributed by atoms with Crippen molar-refractivity contribution in [1.29, 1.82) is 0 Å². The molecule has 0 unspecified atom stereocenters. The zero-order valence-electron chi connectivity index (χ0n) is 16.0. The van der Waals surface area contributed by atoms with Crippen LogP contribution in [0.1, 0.15) is 36.4 Å². The van der Waals surface area contributed by atoms with Gasteiger partial charge in [0.2, 0.25) is 0 Å². The van der Waals surface area contributed by atoms with E-state index >= 15 is 0 Å². The van der Waals surface area contributed by atoms with Crippen molar-refractivity contribution in [1.82, 2.24) is 10.2 Å². The summed E-state index contributed by atoms with van der Waals surface area (Å²) in [6.07, 6.45) is 3.84. The molecule has 2 aliphatic rings. The van der Waals surface area contributed by atoms with Crippen LogP contribution in [-0.2, 0) is 6.61 Å². The molecule has 0 aromatic heterocycles. The second-order valence-electron chi connectivity index (χ2n) is 7.42. The quantitative estimate of drug-likeness (QED) is 0.712. The molecule has 4 rings (SSSR count). The van der Waals surface area contributed by atoms with Crippen LogP contribution >= 0.6 is 24.8 Å². The Morgan fingerprint density at radius 3 is 2.36 bits per heavy atom. The van der Waals surface area contributed by atoms with Crippen LogP contribution in [0.25, 0.3) is 0 Å². The highest BCUT2D eigenvalue weighted by atomic mass is 35.5. The van der Waals surface area contributed by atoms with Crippen molar-refractivity contribution in [3.05, 3.63) is 59.7 Å². The lowest BCUT2D eigenvalue weighted by atomic mass is 9.76. The van der Waals surface area contributed by atoms with Crippen LogP contribution in [0.3, 0.4) is 0 Å². The Balaban J connectivity index is 0.00000140. The van der Waals surface area contributed by atoms with Gasteiger partial charge in [-0.25, -0.2) is 0 Å². The molecule has 4 nitrogen and oxygen atoms in total. The molecule has 28 heavy (non-hydrogen) atoms. The van der Waals surface area contributed by atoms with Crippen LogP contribution < -0.4 is 10.1 Å². The Kier molecular flexibility index (Phi) is 8.90. The Labute approximate surface area is 180 Å². The van der Waals surface area contributed by atoms with Crippen molar-refractivity contribution in [2.24, 2.45) is 5.92 Å². The summed E-state index contributed by atoms with van der Waals surface area (Å²) in [6.45, 7) is 4.67. The number of nitrogens with zero attached hydrogens (tertiary/aromatic N) is 1. The Hall–Kier alpha value is -1.46. The average Bonchev–Trinajstić information content (AvgIpc) is 2.65. The zero-order chi connectivity index (χ0) is 17.8. The number of rotatable bonds is 6. The summed E-state index contributed by atoms with van der Waals surface area (Å²) in [6, 6.07) is 16.3. The molecule has 1 saturated heterocycles. The van der Waals surface area contributed by atoms with E-state index in [0.29, 0.717) is 24.3 Å². The number of benzene rings is 2. The fraction of sp³-hybridized carbons (Fsp3) is 0.455. The molecule has 1 aliphatic carbocycles. The van der Waals surface area contributed by atoms with E-state index in [-0.39, 0.29) is 24.8 Å². The fourth-order valence-corrected chi connectivity index (χ4v) is 4.07. The monoisotopic (exact) mass is 424 g/mol. The van der Waals surface area contributed by atoms with Crippen molar-refractivity contribution in [3.63, 3.8) is 0 Å². The summed E-state index contributed by atoms with van der Waals surface area (Å²) in [4.78, 5) is 2.54. The minimum absolute atomic E-state index is 0. The lowest BCUT2D eigenvalue weighted by Gasteiger charge is -2.43. The second kappa shape index (κ2) is 10.9.